The third kappa shape index (κ3) is 5.80. The van der Waals surface area contributed by atoms with Crippen molar-refractivity contribution in [2.75, 3.05) is 7.11 Å². The molecule has 5 rings (SSSR count). The summed E-state index contributed by atoms with van der Waals surface area (Å²) in [5, 5.41) is -0.297. The highest BCUT2D eigenvalue weighted by Gasteiger charge is 2.25. The van der Waals surface area contributed by atoms with Crippen molar-refractivity contribution in [3.8, 4) is 22.9 Å². The highest BCUT2D eigenvalue weighted by Crippen LogP contribution is 2.43. The van der Waals surface area contributed by atoms with E-state index in [0.29, 0.717) is 21.2 Å². The number of esters is 1. The van der Waals surface area contributed by atoms with Gasteiger partial charge in [-0.2, -0.15) is 0 Å². The van der Waals surface area contributed by atoms with Crippen LogP contribution in [0.25, 0.3) is 22.3 Å². The molecule has 9 nitrogen and oxygen atoms in total. The standard InChI is InChI=1S/C28H22F4N3O6P/c1-40-24(36)8-5-15-3-2-4-16(25(15)31)11-17-14-33-28(34-17)20-12-18(6-7-21(20)29)41-27-22(30)13-23-19(26(27)32)9-10-35(23)42(37,38)39/h2-4,6-7,9-10,12-14H,5,8,11H2,1H3,(H,33,34)(H2,37,38,39). The van der Waals surface area contributed by atoms with E-state index in [1.165, 1.54) is 13.3 Å². The van der Waals surface area contributed by atoms with E-state index in [-0.39, 0.29) is 47.3 Å². The molecule has 5 aromatic rings. The molecule has 0 unspecified atom stereocenters. The Bertz CT molecular complexity index is 1870. The summed E-state index contributed by atoms with van der Waals surface area (Å²) in [6.07, 6.45) is 2.56. The van der Waals surface area contributed by atoms with Crippen LogP contribution < -0.4 is 4.74 Å². The van der Waals surface area contributed by atoms with Crippen LogP contribution in [0.4, 0.5) is 17.6 Å². The Morgan fingerprint density at radius 1 is 1.02 bits per heavy atom. The normalized spacial score (nSPS) is 11.7. The number of aromatic amines is 1. The molecule has 0 spiro atoms. The van der Waals surface area contributed by atoms with E-state index in [2.05, 4.69) is 14.7 Å². The van der Waals surface area contributed by atoms with Gasteiger partial charge in [-0.1, -0.05) is 18.2 Å². The summed E-state index contributed by atoms with van der Waals surface area (Å²) >= 11 is 0. The topological polar surface area (TPSA) is 127 Å². The first-order valence-corrected chi connectivity index (χ1v) is 13.9. The summed E-state index contributed by atoms with van der Waals surface area (Å²) < 4.78 is 81.8. The molecule has 14 heteroatoms. The minimum absolute atomic E-state index is 0.0184. The van der Waals surface area contributed by atoms with Gasteiger partial charge in [0, 0.05) is 42.4 Å². The summed E-state index contributed by atoms with van der Waals surface area (Å²) in [6.45, 7) is 0. The van der Waals surface area contributed by atoms with E-state index in [0.717, 1.165) is 36.5 Å². The van der Waals surface area contributed by atoms with Crippen LogP contribution in [0.15, 0.2) is 60.9 Å². The molecular weight excluding hydrogens is 581 g/mol. The minimum atomic E-state index is -4.86. The lowest BCUT2D eigenvalue weighted by atomic mass is 10.0. The number of rotatable bonds is 9. The number of carbonyl (C=O) groups excluding carboxylic acids is 1. The summed E-state index contributed by atoms with van der Waals surface area (Å²) in [5.41, 5.74) is 0.625. The lowest BCUT2D eigenvalue weighted by molar-refractivity contribution is -0.140. The van der Waals surface area contributed by atoms with Crippen molar-refractivity contribution >= 4 is 24.6 Å². The lowest BCUT2D eigenvalue weighted by Gasteiger charge is -2.12. The average molecular weight is 603 g/mol. The van der Waals surface area contributed by atoms with Crippen LogP contribution in [0.1, 0.15) is 23.2 Å². The third-order valence-corrected chi connectivity index (χ3v) is 7.42. The molecule has 0 bridgehead atoms. The Hall–Kier alpha value is -4.45. The highest BCUT2D eigenvalue weighted by atomic mass is 31.2. The molecule has 3 aromatic carbocycles. The Morgan fingerprint density at radius 3 is 2.52 bits per heavy atom. The quantitative estimate of drug-likeness (QED) is 0.107. The second-order valence-corrected chi connectivity index (χ2v) is 10.7. The van der Waals surface area contributed by atoms with Gasteiger partial charge in [-0.05, 0) is 41.8 Å². The molecular formula is C28H22F4N3O6P. The maximum absolute atomic E-state index is 15.1. The van der Waals surface area contributed by atoms with Crippen molar-refractivity contribution < 1.29 is 46.2 Å². The first kappa shape index (κ1) is 29.1. The van der Waals surface area contributed by atoms with Crippen LogP contribution in [0.5, 0.6) is 11.5 Å². The van der Waals surface area contributed by atoms with Crippen molar-refractivity contribution in [1.29, 1.82) is 0 Å². The molecule has 0 radical (unpaired) electrons. The van der Waals surface area contributed by atoms with Gasteiger partial charge in [0.2, 0.25) is 0 Å². The van der Waals surface area contributed by atoms with Crippen LogP contribution in [0, 0.1) is 23.3 Å². The molecule has 42 heavy (non-hydrogen) atoms. The Labute approximate surface area is 235 Å². The predicted molar refractivity (Wildman–Crippen MR) is 143 cm³/mol. The van der Waals surface area contributed by atoms with E-state index in [1.807, 2.05) is 0 Å². The zero-order valence-corrected chi connectivity index (χ0v) is 22.7. The van der Waals surface area contributed by atoms with Gasteiger partial charge in [0.1, 0.15) is 23.2 Å². The number of nitrogens with one attached hydrogen (secondary N) is 1. The number of imidazole rings is 1. The first-order chi connectivity index (χ1) is 20.0. The number of aromatic nitrogens is 3. The van der Waals surface area contributed by atoms with Crippen molar-refractivity contribution in [3.63, 3.8) is 0 Å². The van der Waals surface area contributed by atoms with E-state index in [4.69, 9.17) is 4.74 Å². The smallest absolute Gasteiger partial charge is 0.434 e. The summed E-state index contributed by atoms with van der Waals surface area (Å²) in [4.78, 5) is 37.3. The molecule has 2 aromatic heterocycles. The van der Waals surface area contributed by atoms with Gasteiger partial charge in [-0.3, -0.25) is 9.13 Å². The van der Waals surface area contributed by atoms with Gasteiger partial charge < -0.3 is 24.2 Å². The zero-order chi connectivity index (χ0) is 30.2. The molecule has 0 fully saturated rings. The molecule has 0 aliphatic carbocycles. The highest BCUT2D eigenvalue weighted by molar-refractivity contribution is 7.50. The number of hydrogen-bond donors (Lipinski definition) is 3. The second kappa shape index (κ2) is 11.4. The fourth-order valence-electron chi connectivity index (χ4n) is 4.46. The third-order valence-electron chi connectivity index (χ3n) is 6.51. The van der Waals surface area contributed by atoms with Gasteiger partial charge in [-0.15, -0.1) is 0 Å². The number of aryl methyl sites for hydroxylation is 1. The van der Waals surface area contributed by atoms with Crippen LogP contribution in [0.3, 0.4) is 0 Å². The molecule has 0 saturated carbocycles. The number of H-pyrrole nitrogens is 1. The van der Waals surface area contributed by atoms with Crippen LogP contribution >= 0.6 is 7.75 Å². The van der Waals surface area contributed by atoms with Crippen molar-refractivity contribution in [2.24, 2.45) is 0 Å². The lowest BCUT2D eigenvalue weighted by Crippen LogP contribution is -2.04. The Kier molecular flexibility index (Phi) is 7.91. The van der Waals surface area contributed by atoms with Gasteiger partial charge in [0.15, 0.2) is 17.4 Å². The second-order valence-electron chi connectivity index (χ2n) is 9.25. The van der Waals surface area contributed by atoms with Crippen molar-refractivity contribution in [1.82, 2.24) is 14.3 Å². The van der Waals surface area contributed by atoms with E-state index < -0.39 is 42.7 Å². The molecule has 0 atom stereocenters. The van der Waals surface area contributed by atoms with Crippen molar-refractivity contribution in [3.05, 3.63) is 101 Å². The maximum atomic E-state index is 15.1. The Morgan fingerprint density at radius 2 is 1.79 bits per heavy atom. The van der Waals surface area contributed by atoms with Gasteiger partial charge in [0.25, 0.3) is 0 Å². The number of methoxy groups -OCH3 is 1. The maximum Gasteiger partial charge on any atom is 0.434 e. The van der Waals surface area contributed by atoms with E-state index >= 15 is 8.78 Å². The molecule has 2 heterocycles. The molecule has 0 aliphatic rings. The molecule has 0 amide bonds. The van der Waals surface area contributed by atoms with Gasteiger partial charge in [-0.25, -0.2) is 27.1 Å². The Balaban J connectivity index is 1.39. The summed E-state index contributed by atoms with van der Waals surface area (Å²) in [7, 11) is -3.61. The van der Waals surface area contributed by atoms with Crippen LogP contribution in [-0.2, 0) is 26.9 Å². The van der Waals surface area contributed by atoms with Gasteiger partial charge in [0.05, 0.1) is 18.2 Å². The molecule has 3 N–H and O–H groups in total. The molecule has 0 saturated heterocycles. The summed E-state index contributed by atoms with van der Waals surface area (Å²) in [5.74, 6) is -5.09. The fourth-order valence-corrected chi connectivity index (χ4v) is 5.14. The minimum Gasteiger partial charge on any atom is -0.469 e. The van der Waals surface area contributed by atoms with Crippen molar-refractivity contribution in [2.45, 2.75) is 19.3 Å². The van der Waals surface area contributed by atoms with Gasteiger partial charge >= 0.3 is 13.7 Å². The largest absolute Gasteiger partial charge is 0.469 e. The van der Waals surface area contributed by atoms with E-state index in [1.54, 1.807) is 18.2 Å². The SMILES string of the molecule is COC(=O)CCc1cccc(Cc2cnc(-c3cc(Oc4c(F)cc5c(ccn5P(=O)(O)O)c4F)ccc3F)[nH]2)c1F. The number of hydrogen-bond acceptors (Lipinski definition) is 5. The number of fused-ring (bicyclic) bond motifs is 1. The number of benzene rings is 3. The fraction of sp³-hybridized carbons (Fsp3) is 0.143. The summed E-state index contributed by atoms with van der Waals surface area (Å²) in [6, 6.07) is 9.89. The number of nitrogens with zero attached hydrogens (tertiary/aromatic N) is 2. The molecule has 0 aliphatic heterocycles. The predicted octanol–water partition coefficient (Wildman–Crippen LogP) is 6.02. The number of carbonyl (C=O) groups is 1. The first-order valence-electron chi connectivity index (χ1n) is 12.4. The zero-order valence-electron chi connectivity index (χ0n) is 21.8. The van der Waals surface area contributed by atoms with Crippen LogP contribution in [0.2, 0.25) is 0 Å². The van der Waals surface area contributed by atoms with E-state index in [9.17, 15) is 27.9 Å². The van der Waals surface area contributed by atoms with Crippen LogP contribution in [-0.4, -0.2) is 37.2 Å². The number of halogens is 4. The number of ether oxygens (including phenoxy) is 2. The monoisotopic (exact) mass is 603 g/mol. The molecule has 218 valence electrons. The average Bonchev–Trinajstić information content (AvgIpc) is 3.59.